The number of nitrogens with zero attached hydrogens (tertiary/aromatic N) is 5. The summed E-state index contributed by atoms with van der Waals surface area (Å²) < 4.78 is 4.20. The molecule has 0 atom stereocenters. The lowest BCUT2D eigenvalue weighted by atomic mass is 10.1. The summed E-state index contributed by atoms with van der Waals surface area (Å²) in [6.07, 6.45) is 4.77. The minimum absolute atomic E-state index is 0. The summed E-state index contributed by atoms with van der Waals surface area (Å²) in [6.45, 7) is 5.32. The van der Waals surface area contributed by atoms with E-state index in [1.807, 2.05) is 23.0 Å². The van der Waals surface area contributed by atoms with Crippen LogP contribution in [0.3, 0.4) is 0 Å². The molecule has 2 aromatic carbocycles. The molecule has 4 aromatic rings. The molecule has 8 heteroatoms. The van der Waals surface area contributed by atoms with Gasteiger partial charge in [-0.15, -0.1) is 24.0 Å². The van der Waals surface area contributed by atoms with Crippen LogP contribution >= 0.6 is 24.0 Å². The molecule has 0 aliphatic carbocycles. The maximum Gasteiger partial charge on any atom is 0.191 e. The van der Waals surface area contributed by atoms with Gasteiger partial charge >= 0.3 is 0 Å². The van der Waals surface area contributed by atoms with Crippen molar-refractivity contribution in [1.82, 2.24) is 30.0 Å². The molecule has 0 saturated carbocycles. The minimum Gasteiger partial charge on any atom is -0.356 e. The Morgan fingerprint density at radius 3 is 2.69 bits per heavy atom. The van der Waals surface area contributed by atoms with Crippen molar-refractivity contribution in [2.75, 3.05) is 13.6 Å². The van der Waals surface area contributed by atoms with Crippen molar-refractivity contribution in [3.8, 4) is 0 Å². The number of fused-ring (bicyclic) bond motifs is 1. The Balaban J connectivity index is 0.00000289. The number of rotatable bonds is 8. The van der Waals surface area contributed by atoms with E-state index in [-0.39, 0.29) is 24.0 Å². The summed E-state index contributed by atoms with van der Waals surface area (Å²) >= 11 is 0. The van der Waals surface area contributed by atoms with Crippen LogP contribution in [-0.2, 0) is 19.6 Å². The first-order valence-corrected chi connectivity index (χ1v) is 10.6. The number of hydrogen-bond donors (Lipinski definition) is 2. The normalized spacial score (nSPS) is 11.4. The fraction of sp³-hybridized carbons (Fsp3) is 0.292. The van der Waals surface area contributed by atoms with Gasteiger partial charge in [-0.05, 0) is 42.7 Å². The van der Waals surface area contributed by atoms with Crippen LogP contribution in [0.2, 0.25) is 0 Å². The summed E-state index contributed by atoms with van der Waals surface area (Å²) in [6, 6.07) is 18.8. The zero-order valence-corrected chi connectivity index (χ0v) is 20.9. The van der Waals surface area contributed by atoms with Crippen molar-refractivity contribution in [1.29, 1.82) is 0 Å². The van der Waals surface area contributed by atoms with Gasteiger partial charge < -0.3 is 15.2 Å². The number of aromatic nitrogens is 4. The Kier molecular flexibility index (Phi) is 8.66. The molecule has 0 fully saturated rings. The number of hydrogen-bond acceptors (Lipinski definition) is 3. The van der Waals surface area contributed by atoms with Crippen LogP contribution in [0.15, 0.2) is 72.0 Å². The Labute approximate surface area is 206 Å². The Bertz CT molecular complexity index is 1150. The average molecular weight is 543 g/mol. The van der Waals surface area contributed by atoms with E-state index in [1.54, 1.807) is 13.2 Å². The van der Waals surface area contributed by atoms with E-state index in [9.17, 15) is 0 Å². The second-order valence-corrected chi connectivity index (χ2v) is 7.53. The molecule has 0 spiro atoms. The van der Waals surface area contributed by atoms with Crippen molar-refractivity contribution in [3.05, 3.63) is 83.9 Å². The highest BCUT2D eigenvalue weighted by molar-refractivity contribution is 14.0. The van der Waals surface area contributed by atoms with E-state index in [4.69, 9.17) is 0 Å². The number of halogens is 1. The maximum atomic E-state index is 4.64. The molecule has 0 unspecified atom stereocenters. The van der Waals surface area contributed by atoms with Crippen molar-refractivity contribution in [3.63, 3.8) is 0 Å². The number of aliphatic imine (C=N–C) groups is 1. The van der Waals surface area contributed by atoms with Gasteiger partial charge in [0.2, 0.25) is 0 Å². The van der Waals surface area contributed by atoms with Crippen molar-refractivity contribution in [2.45, 2.75) is 33.0 Å². The third-order valence-electron chi connectivity index (χ3n) is 5.28. The molecule has 2 heterocycles. The molecule has 2 N–H and O–H groups in total. The topological polar surface area (TPSA) is 72.1 Å². The monoisotopic (exact) mass is 543 g/mol. The molecule has 0 aliphatic rings. The molecule has 0 amide bonds. The quantitative estimate of drug-likeness (QED) is 0.153. The lowest BCUT2D eigenvalue weighted by Gasteiger charge is -2.13. The lowest BCUT2D eigenvalue weighted by Crippen LogP contribution is -2.37. The van der Waals surface area contributed by atoms with Crippen LogP contribution in [-0.4, -0.2) is 38.9 Å². The number of imidazole rings is 1. The van der Waals surface area contributed by atoms with E-state index in [2.05, 4.69) is 79.7 Å². The number of guanidine groups is 1. The third-order valence-corrected chi connectivity index (χ3v) is 5.28. The van der Waals surface area contributed by atoms with E-state index in [1.165, 1.54) is 16.6 Å². The van der Waals surface area contributed by atoms with Gasteiger partial charge in [0.15, 0.2) is 5.96 Å². The molecule has 2 aromatic heterocycles. The summed E-state index contributed by atoms with van der Waals surface area (Å²) in [5, 5.41) is 11.1. The second kappa shape index (κ2) is 11.7. The highest BCUT2D eigenvalue weighted by Gasteiger charge is 2.06. The SMILES string of the molecule is CN=C(NCCCn1c(C)nc2ccccc21)NCc1cccc(Cn2cccn2)c1.I. The standard InChI is InChI=1S/C24H29N7.HI/c1-19-29-22-10-3-4-11-23(22)31(19)15-6-12-26-24(25-2)27-17-20-8-5-9-21(16-20)18-30-14-7-13-28-30;/h3-5,7-11,13-14,16H,6,12,15,17-18H2,1-2H3,(H2,25,26,27);1H. The Morgan fingerprint density at radius 1 is 1.03 bits per heavy atom. The largest absolute Gasteiger partial charge is 0.356 e. The molecule has 0 radical (unpaired) electrons. The molecule has 0 aliphatic heterocycles. The van der Waals surface area contributed by atoms with E-state index >= 15 is 0 Å². The first-order chi connectivity index (χ1) is 15.2. The van der Waals surface area contributed by atoms with E-state index in [0.29, 0.717) is 0 Å². The van der Waals surface area contributed by atoms with Gasteiger partial charge in [0.05, 0.1) is 17.6 Å². The second-order valence-electron chi connectivity index (χ2n) is 7.53. The maximum absolute atomic E-state index is 4.64. The van der Waals surface area contributed by atoms with Gasteiger partial charge in [-0.25, -0.2) is 4.98 Å². The van der Waals surface area contributed by atoms with Crippen LogP contribution in [0.25, 0.3) is 11.0 Å². The molecule has 7 nitrogen and oxygen atoms in total. The summed E-state index contributed by atoms with van der Waals surface area (Å²) in [7, 11) is 1.80. The Morgan fingerprint density at radius 2 is 1.88 bits per heavy atom. The first-order valence-electron chi connectivity index (χ1n) is 10.6. The number of para-hydroxylation sites is 2. The van der Waals surface area contributed by atoms with Gasteiger partial charge in [0, 0.05) is 39.1 Å². The van der Waals surface area contributed by atoms with Crippen LogP contribution in [0.5, 0.6) is 0 Å². The molecule has 4 rings (SSSR count). The molecule has 32 heavy (non-hydrogen) atoms. The first kappa shape index (κ1) is 23.8. The fourth-order valence-corrected chi connectivity index (χ4v) is 3.75. The predicted molar refractivity (Wildman–Crippen MR) is 140 cm³/mol. The predicted octanol–water partition coefficient (Wildman–Crippen LogP) is 3.96. The van der Waals surface area contributed by atoms with Crippen molar-refractivity contribution in [2.24, 2.45) is 4.99 Å². The van der Waals surface area contributed by atoms with Crippen molar-refractivity contribution < 1.29 is 0 Å². The highest BCUT2D eigenvalue weighted by atomic mass is 127. The van der Waals surface area contributed by atoms with Gasteiger partial charge in [-0.2, -0.15) is 5.10 Å². The van der Waals surface area contributed by atoms with Gasteiger partial charge in [-0.1, -0.05) is 36.4 Å². The van der Waals surface area contributed by atoms with E-state index in [0.717, 1.165) is 49.9 Å². The van der Waals surface area contributed by atoms with E-state index < -0.39 is 0 Å². The highest BCUT2D eigenvalue weighted by Crippen LogP contribution is 2.15. The lowest BCUT2D eigenvalue weighted by molar-refractivity contribution is 0.624. The fourth-order valence-electron chi connectivity index (χ4n) is 3.75. The van der Waals surface area contributed by atoms with Gasteiger partial charge in [-0.3, -0.25) is 9.67 Å². The molecular weight excluding hydrogens is 513 g/mol. The summed E-state index contributed by atoms with van der Waals surface area (Å²) in [5.74, 6) is 1.86. The smallest absolute Gasteiger partial charge is 0.191 e. The summed E-state index contributed by atoms with van der Waals surface area (Å²) in [4.78, 5) is 8.99. The average Bonchev–Trinajstić information content (AvgIpc) is 3.40. The minimum atomic E-state index is 0. The number of benzene rings is 2. The van der Waals surface area contributed by atoms with Crippen LogP contribution in [0.4, 0.5) is 0 Å². The van der Waals surface area contributed by atoms with Crippen LogP contribution < -0.4 is 10.6 Å². The molecular formula is C24H30IN7. The zero-order chi connectivity index (χ0) is 21.5. The van der Waals surface area contributed by atoms with Crippen molar-refractivity contribution >= 4 is 41.0 Å². The van der Waals surface area contributed by atoms with Crippen LogP contribution in [0, 0.1) is 6.92 Å². The third kappa shape index (κ3) is 6.09. The van der Waals surface area contributed by atoms with Crippen LogP contribution in [0.1, 0.15) is 23.4 Å². The molecule has 0 saturated heterocycles. The number of nitrogens with one attached hydrogen (secondary N) is 2. The van der Waals surface area contributed by atoms with Gasteiger partial charge in [0.1, 0.15) is 5.82 Å². The Hall–Kier alpha value is -2.88. The summed E-state index contributed by atoms with van der Waals surface area (Å²) in [5.41, 5.74) is 4.69. The van der Waals surface area contributed by atoms with Gasteiger partial charge in [0.25, 0.3) is 0 Å². The molecule has 0 bridgehead atoms. The number of aryl methyl sites for hydroxylation is 2. The zero-order valence-electron chi connectivity index (χ0n) is 18.5. The molecule has 168 valence electrons.